The Morgan fingerprint density at radius 1 is 0.600 bits per heavy atom. The lowest BCUT2D eigenvalue weighted by atomic mass is 9.94. The summed E-state index contributed by atoms with van der Waals surface area (Å²) >= 11 is 0. The van der Waals surface area contributed by atoms with Crippen LogP contribution in [0.5, 0.6) is 0 Å². The molecule has 0 amide bonds. The van der Waals surface area contributed by atoms with Gasteiger partial charge in [-0.15, -0.1) is 0 Å². The highest BCUT2D eigenvalue weighted by Crippen LogP contribution is 2.41. The van der Waals surface area contributed by atoms with E-state index in [1.807, 2.05) is 48.5 Å². The van der Waals surface area contributed by atoms with Gasteiger partial charge in [-0.2, -0.15) is 5.26 Å². The van der Waals surface area contributed by atoms with Gasteiger partial charge in [0.05, 0.1) is 28.0 Å². The van der Waals surface area contributed by atoms with Crippen LogP contribution in [0.25, 0.3) is 71.8 Å². The molecule has 4 nitrogen and oxygen atoms in total. The molecule has 0 unspecified atom stereocenters. The van der Waals surface area contributed by atoms with Gasteiger partial charge in [0.1, 0.15) is 17.2 Å². The van der Waals surface area contributed by atoms with Crippen molar-refractivity contribution in [1.29, 1.82) is 5.26 Å². The fourth-order valence-electron chi connectivity index (χ4n) is 5.92. The first-order valence-corrected chi connectivity index (χ1v) is 13.2. The zero-order chi connectivity index (χ0) is 26.6. The molecule has 186 valence electrons. The Kier molecular flexibility index (Phi) is 4.85. The lowest BCUT2D eigenvalue weighted by molar-refractivity contribution is 0.669. The van der Waals surface area contributed by atoms with Gasteiger partial charge in [-0.25, -0.2) is 0 Å². The molecule has 40 heavy (non-hydrogen) atoms. The largest absolute Gasteiger partial charge is 0.456 e. The quantitative estimate of drug-likeness (QED) is 0.237. The van der Waals surface area contributed by atoms with E-state index in [9.17, 15) is 5.26 Å². The smallest absolute Gasteiger partial charge is 0.135 e. The van der Waals surface area contributed by atoms with Crippen molar-refractivity contribution in [2.24, 2.45) is 0 Å². The molecule has 0 saturated heterocycles. The summed E-state index contributed by atoms with van der Waals surface area (Å²) in [6.07, 6.45) is 1.78. The molecule has 0 bridgehead atoms. The van der Waals surface area contributed by atoms with Gasteiger partial charge >= 0.3 is 0 Å². The maximum absolute atomic E-state index is 10.6. The number of benzene rings is 5. The summed E-state index contributed by atoms with van der Waals surface area (Å²) in [6, 6.07) is 43.6. The fourth-order valence-corrected chi connectivity index (χ4v) is 5.92. The standard InChI is InChI=1S/C36H21N3O/c37-22-25-19-24(31-12-7-8-18-38-31)21-29(23-16-17-35-30(20-23)28-11-3-6-15-34(28)40-35)36(25)39-32-13-4-1-9-26(32)27-10-2-5-14-33(27)39/h1-21H. The molecule has 0 fully saturated rings. The monoisotopic (exact) mass is 511 g/mol. The first-order valence-electron chi connectivity index (χ1n) is 13.2. The summed E-state index contributed by atoms with van der Waals surface area (Å²) in [5.41, 5.74) is 8.93. The second-order valence-electron chi connectivity index (χ2n) is 9.93. The van der Waals surface area contributed by atoms with Crippen LogP contribution in [-0.2, 0) is 0 Å². The predicted molar refractivity (Wildman–Crippen MR) is 161 cm³/mol. The molecule has 8 aromatic rings. The molecule has 0 saturated carbocycles. The molecule has 4 heteroatoms. The third-order valence-electron chi connectivity index (χ3n) is 7.68. The summed E-state index contributed by atoms with van der Waals surface area (Å²) < 4.78 is 8.37. The zero-order valence-electron chi connectivity index (χ0n) is 21.4. The summed E-state index contributed by atoms with van der Waals surface area (Å²) in [5, 5.41) is 15.0. The van der Waals surface area contributed by atoms with Gasteiger partial charge < -0.3 is 8.98 Å². The molecule has 0 radical (unpaired) electrons. The van der Waals surface area contributed by atoms with E-state index < -0.39 is 0 Å². The molecule has 8 rings (SSSR count). The van der Waals surface area contributed by atoms with Crippen LogP contribution in [0.4, 0.5) is 0 Å². The minimum atomic E-state index is 0.585. The first kappa shape index (κ1) is 22.3. The van der Waals surface area contributed by atoms with Gasteiger partial charge in [-0.3, -0.25) is 4.98 Å². The van der Waals surface area contributed by atoms with E-state index in [4.69, 9.17) is 4.42 Å². The summed E-state index contributed by atoms with van der Waals surface area (Å²) in [7, 11) is 0. The number of fused-ring (bicyclic) bond motifs is 6. The normalized spacial score (nSPS) is 11.5. The average molecular weight is 512 g/mol. The molecular formula is C36H21N3O. The van der Waals surface area contributed by atoms with Gasteiger partial charge in [-0.05, 0) is 60.2 Å². The first-order chi connectivity index (χ1) is 19.8. The Balaban J connectivity index is 1.52. The third kappa shape index (κ3) is 3.28. The molecule has 3 heterocycles. The van der Waals surface area contributed by atoms with Crippen LogP contribution in [0, 0.1) is 11.3 Å². The molecule has 5 aromatic carbocycles. The number of aromatic nitrogens is 2. The van der Waals surface area contributed by atoms with Crippen molar-refractivity contribution < 1.29 is 4.42 Å². The Morgan fingerprint density at radius 2 is 1.27 bits per heavy atom. The van der Waals surface area contributed by atoms with Gasteiger partial charge in [0.15, 0.2) is 0 Å². The molecule has 0 aliphatic rings. The van der Waals surface area contributed by atoms with Crippen LogP contribution in [0.2, 0.25) is 0 Å². The maximum Gasteiger partial charge on any atom is 0.135 e. The topological polar surface area (TPSA) is 54.8 Å². The van der Waals surface area contributed by atoms with Gasteiger partial charge in [0.2, 0.25) is 0 Å². The summed E-state index contributed by atoms with van der Waals surface area (Å²) in [4.78, 5) is 4.60. The molecule has 0 aliphatic carbocycles. The highest BCUT2D eigenvalue weighted by molar-refractivity contribution is 6.11. The lowest BCUT2D eigenvalue weighted by Crippen LogP contribution is -2.02. The van der Waals surface area contributed by atoms with Crippen molar-refractivity contribution in [3.05, 3.63) is 133 Å². The van der Waals surface area contributed by atoms with Crippen molar-refractivity contribution in [3.8, 4) is 34.1 Å². The zero-order valence-corrected chi connectivity index (χ0v) is 21.4. The van der Waals surface area contributed by atoms with Crippen LogP contribution in [-0.4, -0.2) is 9.55 Å². The second-order valence-corrected chi connectivity index (χ2v) is 9.93. The number of rotatable bonds is 3. The molecule has 3 aromatic heterocycles. The van der Waals surface area contributed by atoms with Crippen molar-refractivity contribution in [2.75, 3.05) is 0 Å². The van der Waals surface area contributed by atoms with E-state index >= 15 is 0 Å². The van der Waals surface area contributed by atoms with Crippen molar-refractivity contribution in [3.63, 3.8) is 0 Å². The highest BCUT2D eigenvalue weighted by Gasteiger charge is 2.21. The molecule has 0 aliphatic heterocycles. The van der Waals surface area contributed by atoms with E-state index in [0.717, 1.165) is 71.8 Å². The number of hydrogen-bond donors (Lipinski definition) is 0. The van der Waals surface area contributed by atoms with Crippen LogP contribution >= 0.6 is 0 Å². The van der Waals surface area contributed by atoms with Gasteiger partial charge in [-0.1, -0.05) is 66.7 Å². The van der Waals surface area contributed by atoms with E-state index in [2.05, 4.69) is 88.4 Å². The van der Waals surface area contributed by atoms with Crippen molar-refractivity contribution in [1.82, 2.24) is 9.55 Å². The van der Waals surface area contributed by atoms with Crippen molar-refractivity contribution in [2.45, 2.75) is 0 Å². The summed E-state index contributed by atoms with van der Waals surface area (Å²) in [5.74, 6) is 0. The Bertz CT molecular complexity index is 2230. The fraction of sp³-hybridized carbons (Fsp3) is 0. The molecule has 0 N–H and O–H groups in total. The molecule has 0 atom stereocenters. The van der Waals surface area contributed by atoms with E-state index in [0.29, 0.717) is 5.56 Å². The Labute approximate surface area is 230 Å². The van der Waals surface area contributed by atoms with Crippen LogP contribution in [0.3, 0.4) is 0 Å². The molecular weight excluding hydrogens is 490 g/mol. The Hall–Kier alpha value is -5.66. The van der Waals surface area contributed by atoms with Crippen LogP contribution in [0.15, 0.2) is 132 Å². The number of nitriles is 1. The minimum absolute atomic E-state index is 0.585. The number of hydrogen-bond acceptors (Lipinski definition) is 3. The maximum atomic E-state index is 10.6. The Morgan fingerprint density at radius 3 is 2.00 bits per heavy atom. The number of nitrogens with zero attached hydrogens (tertiary/aromatic N) is 3. The van der Waals surface area contributed by atoms with Crippen LogP contribution in [0.1, 0.15) is 5.56 Å². The molecule has 0 spiro atoms. The number of para-hydroxylation sites is 3. The lowest BCUT2D eigenvalue weighted by Gasteiger charge is -2.18. The summed E-state index contributed by atoms with van der Waals surface area (Å²) in [6.45, 7) is 0. The van der Waals surface area contributed by atoms with E-state index in [-0.39, 0.29) is 0 Å². The SMILES string of the molecule is N#Cc1cc(-c2ccccn2)cc(-c2ccc3oc4ccccc4c3c2)c1-n1c2ccccc2c2ccccc21. The number of furan rings is 1. The van der Waals surface area contributed by atoms with Crippen LogP contribution < -0.4 is 0 Å². The third-order valence-corrected chi connectivity index (χ3v) is 7.68. The average Bonchev–Trinajstić information content (AvgIpc) is 3.56. The van der Waals surface area contributed by atoms with Crippen molar-refractivity contribution >= 4 is 43.7 Å². The predicted octanol–water partition coefficient (Wildman–Crippen LogP) is 9.28. The highest BCUT2D eigenvalue weighted by atomic mass is 16.3. The van der Waals surface area contributed by atoms with E-state index in [1.165, 1.54) is 0 Å². The second kappa shape index (κ2) is 8.69. The van der Waals surface area contributed by atoms with E-state index in [1.54, 1.807) is 6.20 Å². The minimum Gasteiger partial charge on any atom is -0.456 e. The van der Waals surface area contributed by atoms with Gasteiger partial charge in [0.25, 0.3) is 0 Å². The van der Waals surface area contributed by atoms with Gasteiger partial charge in [0, 0.05) is 38.9 Å². The number of pyridine rings is 1.